The fourth-order valence-electron chi connectivity index (χ4n) is 5.25. The molecular weight excluding hydrogens is 406 g/mol. The lowest BCUT2D eigenvalue weighted by Crippen LogP contribution is -2.51. The molecule has 2 aliphatic heterocycles. The van der Waals surface area contributed by atoms with Crippen LogP contribution in [0.3, 0.4) is 0 Å². The Hall–Kier alpha value is -3.24. The fraction of sp³-hybridized carbons (Fsp3) is 0.192. The molecule has 3 heterocycles. The lowest BCUT2D eigenvalue weighted by Gasteiger charge is -2.46. The largest absolute Gasteiger partial charge is 0.349 e. The van der Waals surface area contributed by atoms with Crippen molar-refractivity contribution in [3.05, 3.63) is 100 Å². The minimum Gasteiger partial charge on any atom is -0.349 e. The van der Waals surface area contributed by atoms with Gasteiger partial charge in [-0.15, -0.1) is 0 Å². The van der Waals surface area contributed by atoms with Crippen LogP contribution in [0, 0.1) is 0 Å². The molecule has 0 N–H and O–H groups in total. The van der Waals surface area contributed by atoms with Crippen LogP contribution in [0.2, 0.25) is 5.02 Å². The number of carbonyl (C=O) groups excluding carboxylic acids is 1. The average Bonchev–Trinajstić information content (AvgIpc) is 3.12. The zero-order chi connectivity index (χ0) is 21.1. The first kappa shape index (κ1) is 18.5. The van der Waals surface area contributed by atoms with Crippen molar-refractivity contribution in [2.24, 2.45) is 0 Å². The average molecular weight is 428 g/mol. The molecule has 6 rings (SSSR count). The molecule has 0 aliphatic carbocycles. The van der Waals surface area contributed by atoms with Gasteiger partial charge in [0.1, 0.15) is 6.17 Å². The molecule has 1 aromatic heterocycles. The van der Waals surface area contributed by atoms with E-state index in [-0.39, 0.29) is 12.1 Å². The smallest absolute Gasteiger partial charge is 0.257 e. The summed E-state index contributed by atoms with van der Waals surface area (Å²) in [6.45, 7) is 1.46. The number of fused-ring (bicyclic) bond motifs is 6. The molecule has 0 spiro atoms. The Labute approximate surface area is 186 Å². The second-order valence-electron chi connectivity index (χ2n) is 8.34. The summed E-state index contributed by atoms with van der Waals surface area (Å²) in [6, 6.07) is 24.6. The molecule has 0 saturated heterocycles. The molecule has 0 saturated carbocycles. The van der Waals surface area contributed by atoms with Crippen molar-refractivity contribution in [2.75, 3.05) is 18.5 Å². The predicted octanol–water partition coefficient (Wildman–Crippen LogP) is 5.49. The molecule has 5 heteroatoms. The van der Waals surface area contributed by atoms with Crippen molar-refractivity contribution in [2.45, 2.75) is 19.1 Å². The summed E-state index contributed by atoms with van der Waals surface area (Å²) in [5.41, 5.74) is 6.74. The number of hydrogen-bond acceptors (Lipinski definition) is 2. The van der Waals surface area contributed by atoms with Crippen molar-refractivity contribution in [1.29, 1.82) is 0 Å². The third-order valence-electron chi connectivity index (χ3n) is 6.66. The molecule has 1 atom stereocenters. The summed E-state index contributed by atoms with van der Waals surface area (Å²) in [5.74, 6) is 0.118. The first-order valence-corrected chi connectivity index (χ1v) is 11.0. The van der Waals surface area contributed by atoms with Gasteiger partial charge < -0.3 is 14.4 Å². The van der Waals surface area contributed by atoms with Crippen LogP contribution in [0.15, 0.2) is 72.8 Å². The molecule has 4 aromatic rings. The van der Waals surface area contributed by atoms with Crippen LogP contribution >= 0.6 is 11.6 Å². The van der Waals surface area contributed by atoms with Gasteiger partial charge in [-0.2, -0.15) is 0 Å². The quantitative estimate of drug-likeness (QED) is 0.423. The molecule has 0 unspecified atom stereocenters. The maximum atomic E-state index is 13.4. The summed E-state index contributed by atoms with van der Waals surface area (Å²) in [6.07, 6.45) is 0.743. The summed E-state index contributed by atoms with van der Waals surface area (Å²) in [5, 5.41) is 2.02. The Morgan fingerprint density at radius 2 is 1.71 bits per heavy atom. The van der Waals surface area contributed by atoms with Crippen molar-refractivity contribution in [1.82, 2.24) is 9.47 Å². The zero-order valence-electron chi connectivity index (χ0n) is 17.3. The number of hydrogen-bond donors (Lipinski definition) is 0. The number of para-hydroxylation sites is 2. The summed E-state index contributed by atoms with van der Waals surface area (Å²) < 4.78 is 2.39. The van der Waals surface area contributed by atoms with Crippen LogP contribution in [0.25, 0.3) is 10.9 Å². The monoisotopic (exact) mass is 427 g/mol. The minimum absolute atomic E-state index is 0.118. The maximum Gasteiger partial charge on any atom is 0.257 e. The number of benzene rings is 3. The molecule has 0 fully saturated rings. The van der Waals surface area contributed by atoms with Crippen LogP contribution < -0.4 is 4.90 Å². The summed E-state index contributed by atoms with van der Waals surface area (Å²) >= 11 is 6.12. The highest BCUT2D eigenvalue weighted by Gasteiger charge is 2.42. The van der Waals surface area contributed by atoms with Gasteiger partial charge in [0.05, 0.1) is 16.9 Å². The van der Waals surface area contributed by atoms with Crippen LogP contribution in [0.5, 0.6) is 0 Å². The van der Waals surface area contributed by atoms with E-state index in [2.05, 4.69) is 52.9 Å². The third kappa shape index (κ3) is 2.71. The third-order valence-corrected chi connectivity index (χ3v) is 6.91. The standard InChI is InChI=1S/C26H22ClN3O/c1-28-22-8-4-3-7-21(22)26(31)29-15-14-20-19-6-2-5-9-23(19)30(24(20)25(28)29)16-17-10-12-18(27)13-11-17/h2-13,25H,14-16H2,1H3/t25-/m0/s1. The lowest BCUT2D eigenvalue weighted by molar-refractivity contribution is 0.0630. The first-order valence-electron chi connectivity index (χ1n) is 10.6. The molecule has 0 radical (unpaired) electrons. The SMILES string of the molecule is CN1c2ccccc2C(=O)N2CCc3c(n(Cc4ccc(Cl)cc4)c4ccccc34)[C@H]21. The van der Waals surface area contributed by atoms with E-state index in [1.165, 1.54) is 27.7 Å². The van der Waals surface area contributed by atoms with Gasteiger partial charge in [0.25, 0.3) is 5.91 Å². The minimum atomic E-state index is -0.120. The van der Waals surface area contributed by atoms with E-state index >= 15 is 0 Å². The van der Waals surface area contributed by atoms with E-state index in [4.69, 9.17) is 11.6 Å². The van der Waals surface area contributed by atoms with E-state index in [1.54, 1.807) is 0 Å². The van der Waals surface area contributed by atoms with Gasteiger partial charge in [-0.25, -0.2) is 0 Å². The first-order chi connectivity index (χ1) is 15.1. The molecule has 1 amide bonds. The Morgan fingerprint density at radius 1 is 0.968 bits per heavy atom. The highest BCUT2D eigenvalue weighted by molar-refractivity contribution is 6.30. The molecular formula is C26H22ClN3O. The predicted molar refractivity (Wildman–Crippen MR) is 125 cm³/mol. The number of halogens is 1. The van der Waals surface area contributed by atoms with E-state index in [1.807, 2.05) is 41.3 Å². The molecule has 154 valence electrons. The maximum absolute atomic E-state index is 13.4. The van der Waals surface area contributed by atoms with Gasteiger partial charge in [-0.05, 0) is 47.9 Å². The van der Waals surface area contributed by atoms with E-state index in [0.29, 0.717) is 0 Å². The summed E-state index contributed by atoms with van der Waals surface area (Å²) in [4.78, 5) is 17.7. The number of carbonyl (C=O) groups is 1. The van der Waals surface area contributed by atoms with Gasteiger partial charge in [0.2, 0.25) is 0 Å². The Kier molecular flexibility index (Phi) is 4.12. The Bertz CT molecular complexity index is 1320. The van der Waals surface area contributed by atoms with E-state index in [9.17, 15) is 4.79 Å². The van der Waals surface area contributed by atoms with E-state index < -0.39 is 0 Å². The summed E-state index contributed by atoms with van der Waals surface area (Å²) in [7, 11) is 2.10. The van der Waals surface area contributed by atoms with Gasteiger partial charge in [-0.1, -0.05) is 54.1 Å². The zero-order valence-corrected chi connectivity index (χ0v) is 18.0. The second kappa shape index (κ2) is 6.89. The number of anilines is 1. The van der Waals surface area contributed by atoms with Gasteiger partial charge >= 0.3 is 0 Å². The second-order valence-corrected chi connectivity index (χ2v) is 8.78. The van der Waals surface area contributed by atoms with Crippen LogP contribution in [-0.2, 0) is 13.0 Å². The number of nitrogens with zero attached hydrogens (tertiary/aromatic N) is 3. The molecule has 2 aliphatic rings. The van der Waals surface area contributed by atoms with Crippen molar-refractivity contribution in [3.8, 4) is 0 Å². The topological polar surface area (TPSA) is 28.5 Å². The highest BCUT2D eigenvalue weighted by atomic mass is 35.5. The lowest BCUT2D eigenvalue weighted by atomic mass is 9.96. The van der Waals surface area contributed by atoms with E-state index in [0.717, 1.165) is 35.8 Å². The number of amides is 1. The van der Waals surface area contributed by atoms with Crippen molar-refractivity contribution in [3.63, 3.8) is 0 Å². The van der Waals surface area contributed by atoms with Crippen LogP contribution in [0.1, 0.15) is 33.3 Å². The molecule has 4 nitrogen and oxygen atoms in total. The van der Waals surface area contributed by atoms with Crippen molar-refractivity contribution < 1.29 is 4.79 Å². The normalized spacial score (nSPS) is 17.5. The Balaban J connectivity index is 1.57. The number of rotatable bonds is 2. The Morgan fingerprint density at radius 3 is 2.55 bits per heavy atom. The fourth-order valence-corrected chi connectivity index (χ4v) is 5.38. The van der Waals surface area contributed by atoms with Gasteiger partial charge in [-0.3, -0.25) is 4.79 Å². The van der Waals surface area contributed by atoms with Gasteiger partial charge in [0.15, 0.2) is 0 Å². The molecule has 0 bridgehead atoms. The highest BCUT2D eigenvalue weighted by Crippen LogP contribution is 2.44. The molecule has 3 aromatic carbocycles. The van der Waals surface area contributed by atoms with Gasteiger partial charge in [0, 0.05) is 36.1 Å². The molecule has 31 heavy (non-hydrogen) atoms. The van der Waals surface area contributed by atoms with Crippen LogP contribution in [0.4, 0.5) is 5.69 Å². The van der Waals surface area contributed by atoms with Crippen LogP contribution in [-0.4, -0.2) is 29.0 Å². The van der Waals surface area contributed by atoms with Crippen molar-refractivity contribution >= 4 is 34.1 Å². The number of aromatic nitrogens is 1.